The van der Waals surface area contributed by atoms with Crippen LogP contribution in [0.4, 0.5) is 5.69 Å². The van der Waals surface area contributed by atoms with E-state index in [2.05, 4.69) is 27.3 Å². The zero-order valence-corrected chi connectivity index (χ0v) is 13.0. The molecule has 0 amide bonds. The molecule has 3 N–H and O–H groups in total. The van der Waals surface area contributed by atoms with Gasteiger partial charge < -0.3 is 5.73 Å². The summed E-state index contributed by atoms with van der Waals surface area (Å²) in [7, 11) is -3.54. The van der Waals surface area contributed by atoms with Gasteiger partial charge in [0.05, 0.1) is 4.90 Å². The molecule has 2 aromatic carbocycles. The van der Waals surface area contributed by atoms with E-state index in [1.54, 1.807) is 36.4 Å². The van der Waals surface area contributed by atoms with Crippen LogP contribution < -0.4 is 10.5 Å². The molecule has 0 spiro atoms. The van der Waals surface area contributed by atoms with E-state index in [9.17, 15) is 8.42 Å². The molecule has 0 fully saturated rings. The first-order valence-corrected chi connectivity index (χ1v) is 8.15. The molecule has 0 aromatic heterocycles. The van der Waals surface area contributed by atoms with Crippen LogP contribution >= 0.6 is 22.6 Å². The smallest absolute Gasteiger partial charge is 0.261 e. The molecule has 0 radical (unpaired) electrons. The van der Waals surface area contributed by atoms with Crippen molar-refractivity contribution >= 4 is 38.3 Å². The van der Waals surface area contributed by atoms with Crippen molar-refractivity contribution in [3.05, 3.63) is 57.7 Å². The number of hydrogen-bond donors (Lipinski definition) is 2. The summed E-state index contributed by atoms with van der Waals surface area (Å²) < 4.78 is 27.9. The maximum absolute atomic E-state index is 12.1. The molecule has 4 nitrogen and oxygen atoms in total. The van der Waals surface area contributed by atoms with Crippen LogP contribution in [-0.4, -0.2) is 8.42 Å². The zero-order valence-electron chi connectivity index (χ0n) is 10.0. The van der Waals surface area contributed by atoms with E-state index in [-0.39, 0.29) is 4.90 Å². The minimum Gasteiger partial charge on any atom is -0.326 e. The summed E-state index contributed by atoms with van der Waals surface area (Å²) in [5.74, 6) is 0. The van der Waals surface area contributed by atoms with Gasteiger partial charge >= 0.3 is 0 Å². The van der Waals surface area contributed by atoms with Crippen LogP contribution in [0.1, 0.15) is 5.56 Å². The number of hydrogen-bond acceptors (Lipinski definition) is 3. The first kappa shape index (κ1) is 14.3. The molecule has 0 aliphatic rings. The highest BCUT2D eigenvalue weighted by molar-refractivity contribution is 14.1. The predicted molar refractivity (Wildman–Crippen MR) is 84.3 cm³/mol. The Morgan fingerprint density at radius 2 is 1.58 bits per heavy atom. The van der Waals surface area contributed by atoms with Gasteiger partial charge in [-0.25, -0.2) is 8.42 Å². The van der Waals surface area contributed by atoms with E-state index >= 15 is 0 Å². The van der Waals surface area contributed by atoms with Crippen molar-refractivity contribution in [1.82, 2.24) is 0 Å². The van der Waals surface area contributed by atoms with E-state index < -0.39 is 10.0 Å². The molecular formula is C13H13IN2O2S. The summed E-state index contributed by atoms with van der Waals surface area (Å²) in [6.45, 7) is 0.394. The van der Waals surface area contributed by atoms with Crippen LogP contribution in [0.5, 0.6) is 0 Å². The van der Waals surface area contributed by atoms with Crippen molar-refractivity contribution in [1.29, 1.82) is 0 Å². The normalized spacial score (nSPS) is 11.3. The highest BCUT2D eigenvalue weighted by atomic mass is 127. The standard InChI is InChI=1S/C13H13IN2O2S/c14-11-3-5-12(6-4-11)16-19(17,18)13-7-1-10(9-15)2-8-13/h1-8,16H,9,15H2. The van der Waals surface area contributed by atoms with E-state index in [0.717, 1.165) is 9.13 Å². The van der Waals surface area contributed by atoms with Gasteiger partial charge in [0, 0.05) is 15.8 Å². The quantitative estimate of drug-likeness (QED) is 0.791. The van der Waals surface area contributed by atoms with E-state index in [4.69, 9.17) is 5.73 Å². The van der Waals surface area contributed by atoms with Crippen LogP contribution in [0.25, 0.3) is 0 Å². The van der Waals surface area contributed by atoms with Gasteiger partial charge in [-0.3, -0.25) is 4.72 Å². The van der Waals surface area contributed by atoms with Crippen LogP contribution in [-0.2, 0) is 16.6 Å². The predicted octanol–water partition coefficient (Wildman–Crippen LogP) is 2.55. The second-order valence-electron chi connectivity index (χ2n) is 3.96. The van der Waals surface area contributed by atoms with Crippen molar-refractivity contribution < 1.29 is 8.42 Å². The molecule has 0 saturated carbocycles. The largest absolute Gasteiger partial charge is 0.326 e. The second-order valence-corrected chi connectivity index (χ2v) is 6.89. The molecule has 19 heavy (non-hydrogen) atoms. The molecule has 0 atom stereocenters. The molecule has 2 rings (SSSR count). The summed E-state index contributed by atoms with van der Waals surface area (Å²) in [6.07, 6.45) is 0. The van der Waals surface area contributed by atoms with Crippen LogP contribution in [0.15, 0.2) is 53.4 Å². The lowest BCUT2D eigenvalue weighted by Crippen LogP contribution is -2.13. The average molecular weight is 388 g/mol. The number of rotatable bonds is 4. The summed E-state index contributed by atoms with van der Waals surface area (Å²) in [6, 6.07) is 13.7. The van der Waals surface area contributed by atoms with Crippen molar-refractivity contribution in [2.75, 3.05) is 4.72 Å². The minimum atomic E-state index is -3.54. The van der Waals surface area contributed by atoms with Crippen molar-refractivity contribution in [3.63, 3.8) is 0 Å². The van der Waals surface area contributed by atoms with Gasteiger partial charge in [-0.1, -0.05) is 12.1 Å². The monoisotopic (exact) mass is 388 g/mol. The molecule has 0 aliphatic carbocycles. The van der Waals surface area contributed by atoms with E-state index in [1.165, 1.54) is 0 Å². The Morgan fingerprint density at radius 3 is 2.11 bits per heavy atom. The molecule has 0 heterocycles. The average Bonchev–Trinajstić information content (AvgIpc) is 2.41. The number of halogens is 1. The summed E-state index contributed by atoms with van der Waals surface area (Å²) in [5.41, 5.74) is 6.92. The fourth-order valence-electron chi connectivity index (χ4n) is 1.54. The Bertz CT molecular complexity index is 652. The molecular weight excluding hydrogens is 375 g/mol. The lowest BCUT2D eigenvalue weighted by molar-refractivity contribution is 0.601. The van der Waals surface area contributed by atoms with Gasteiger partial charge in [0.25, 0.3) is 10.0 Å². The molecule has 0 unspecified atom stereocenters. The molecule has 100 valence electrons. The van der Waals surface area contributed by atoms with E-state index in [1.807, 2.05) is 12.1 Å². The highest BCUT2D eigenvalue weighted by Gasteiger charge is 2.13. The number of benzene rings is 2. The number of nitrogens with one attached hydrogen (secondary N) is 1. The first-order valence-electron chi connectivity index (χ1n) is 5.59. The number of anilines is 1. The molecule has 0 bridgehead atoms. The van der Waals surface area contributed by atoms with Gasteiger partial charge in [0.15, 0.2) is 0 Å². The Balaban J connectivity index is 2.24. The number of nitrogens with two attached hydrogens (primary N) is 1. The van der Waals surface area contributed by atoms with Gasteiger partial charge in [-0.05, 0) is 64.6 Å². The highest BCUT2D eigenvalue weighted by Crippen LogP contribution is 2.17. The lowest BCUT2D eigenvalue weighted by Gasteiger charge is -2.08. The van der Waals surface area contributed by atoms with Gasteiger partial charge in [0.2, 0.25) is 0 Å². The Kier molecular flexibility index (Phi) is 4.43. The first-order chi connectivity index (χ1) is 9.01. The Morgan fingerprint density at radius 1 is 1.00 bits per heavy atom. The molecule has 6 heteroatoms. The molecule has 0 aliphatic heterocycles. The Labute approximate surface area is 126 Å². The third-order valence-electron chi connectivity index (χ3n) is 2.57. The van der Waals surface area contributed by atoms with Gasteiger partial charge in [-0.2, -0.15) is 0 Å². The van der Waals surface area contributed by atoms with Crippen LogP contribution in [0.3, 0.4) is 0 Å². The maximum Gasteiger partial charge on any atom is 0.261 e. The van der Waals surface area contributed by atoms with E-state index in [0.29, 0.717) is 12.2 Å². The second kappa shape index (κ2) is 5.89. The summed E-state index contributed by atoms with van der Waals surface area (Å²) in [4.78, 5) is 0.225. The summed E-state index contributed by atoms with van der Waals surface area (Å²) >= 11 is 2.16. The third kappa shape index (κ3) is 3.68. The van der Waals surface area contributed by atoms with Gasteiger partial charge in [0.1, 0.15) is 0 Å². The minimum absolute atomic E-state index is 0.225. The fourth-order valence-corrected chi connectivity index (χ4v) is 2.95. The topological polar surface area (TPSA) is 72.2 Å². The molecule has 0 saturated heterocycles. The summed E-state index contributed by atoms with van der Waals surface area (Å²) in [5, 5.41) is 0. The maximum atomic E-state index is 12.1. The third-order valence-corrected chi connectivity index (χ3v) is 4.68. The lowest BCUT2D eigenvalue weighted by atomic mass is 10.2. The SMILES string of the molecule is NCc1ccc(S(=O)(=O)Nc2ccc(I)cc2)cc1. The number of sulfonamides is 1. The fraction of sp³-hybridized carbons (Fsp3) is 0.0769. The zero-order chi connectivity index (χ0) is 13.9. The Hall–Kier alpha value is -1.12. The van der Waals surface area contributed by atoms with Crippen molar-refractivity contribution in [2.24, 2.45) is 5.73 Å². The van der Waals surface area contributed by atoms with Crippen LogP contribution in [0.2, 0.25) is 0 Å². The molecule has 2 aromatic rings. The van der Waals surface area contributed by atoms with Crippen molar-refractivity contribution in [3.8, 4) is 0 Å². The van der Waals surface area contributed by atoms with Crippen LogP contribution in [0, 0.1) is 3.57 Å². The van der Waals surface area contributed by atoms with Crippen molar-refractivity contribution in [2.45, 2.75) is 11.4 Å². The van der Waals surface area contributed by atoms with Gasteiger partial charge in [-0.15, -0.1) is 0 Å².